The topological polar surface area (TPSA) is 111 Å². The average Bonchev–Trinajstić information content (AvgIpc) is 2.86. The SMILES string of the molecule is COCCN1CCC(Nc2cc(O)c(N3CC(=O)NS3(=O)=O)c(F)c2)CC1. The second kappa shape index (κ2) is 7.87. The van der Waals surface area contributed by atoms with Gasteiger partial charge in [0, 0.05) is 44.5 Å². The third kappa shape index (κ3) is 4.42. The van der Waals surface area contributed by atoms with Crippen LogP contribution in [0.2, 0.25) is 0 Å². The van der Waals surface area contributed by atoms with E-state index in [-0.39, 0.29) is 6.04 Å². The van der Waals surface area contributed by atoms with Crippen molar-refractivity contribution in [2.45, 2.75) is 18.9 Å². The summed E-state index contributed by atoms with van der Waals surface area (Å²) in [7, 11) is -2.53. The summed E-state index contributed by atoms with van der Waals surface area (Å²) in [6.45, 7) is 2.74. The zero-order valence-corrected chi connectivity index (χ0v) is 15.8. The molecule has 9 nitrogen and oxygen atoms in total. The molecule has 3 N–H and O–H groups in total. The molecule has 0 spiro atoms. The first-order chi connectivity index (χ1) is 12.8. The molecule has 2 aliphatic heterocycles. The van der Waals surface area contributed by atoms with Crippen LogP contribution in [-0.4, -0.2) is 70.3 Å². The highest BCUT2D eigenvalue weighted by Crippen LogP contribution is 2.36. The van der Waals surface area contributed by atoms with Gasteiger partial charge >= 0.3 is 10.2 Å². The first kappa shape index (κ1) is 19.6. The van der Waals surface area contributed by atoms with Gasteiger partial charge in [-0.2, -0.15) is 8.42 Å². The lowest BCUT2D eigenvalue weighted by atomic mass is 10.0. The van der Waals surface area contributed by atoms with E-state index in [4.69, 9.17) is 4.74 Å². The smallest absolute Gasteiger partial charge is 0.326 e. The molecule has 0 bridgehead atoms. The number of ether oxygens (including phenoxy) is 1. The fourth-order valence-corrected chi connectivity index (χ4v) is 4.49. The minimum Gasteiger partial charge on any atom is -0.506 e. The summed E-state index contributed by atoms with van der Waals surface area (Å²) >= 11 is 0. The maximum Gasteiger partial charge on any atom is 0.326 e. The lowest BCUT2D eigenvalue weighted by Crippen LogP contribution is -2.40. The molecular weight excluding hydrogens is 379 g/mol. The summed E-state index contributed by atoms with van der Waals surface area (Å²) < 4.78 is 45.6. The Hall–Kier alpha value is -2.11. The number of hydrogen-bond donors (Lipinski definition) is 3. The van der Waals surface area contributed by atoms with Gasteiger partial charge in [-0.15, -0.1) is 0 Å². The monoisotopic (exact) mass is 402 g/mol. The van der Waals surface area contributed by atoms with Crippen molar-refractivity contribution in [3.63, 3.8) is 0 Å². The maximum absolute atomic E-state index is 14.5. The Morgan fingerprint density at radius 1 is 1.37 bits per heavy atom. The number of aromatic hydroxyl groups is 1. The van der Waals surface area contributed by atoms with Crippen molar-refractivity contribution in [2.24, 2.45) is 0 Å². The number of phenolic OH excluding ortho intramolecular Hbond substituents is 1. The summed E-state index contributed by atoms with van der Waals surface area (Å²) in [4.78, 5) is 13.6. The number of phenols is 1. The highest BCUT2D eigenvalue weighted by Gasteiger charge is 2.37. The van der Waals surface area contributed by atoms with Gasteiger partial charge in [0.2, 0.25) is 0 Å². The van der Waals surface area contributed by atoms with Gasteiger partial charge in [0.1, 0.15) is 18.0 Å². The van der Waals surface area contributed by atoms with Crippen molar-refractivity contribution < 1.29 is 27.4 Å². The highest BCUT2D eigenvalue weighted by atomic mass is 32.2. The Labute approximate surface area is 157 Å². The first-order valence-corrected chi connectivity index (χ1v) is 10.1. The Kier molecular flexibility index (Phi) is 5.72. The van der Waals surface area contributed by atoms with Crippen LogP contribution in [0.3, 0.4) is 0 Å². The number of halogens is 1. The third-order valence-corrected chi connectivity index (χ3v) is 6.06. The van der Waals surface area contributed by atoms with Crippen LogP contribution in [0.1, 0.15) is 12.8 Å². The lowest BCUT2D eigenvalue weighted by Gasteiger charge is -2.32. The molecule has 11 heteroatoms. The minimum absolute atomic E-state index is 0.118. The van der Waals surface area contributed by atoms with E-state index in [0.717, 1.165) is 38.5 Å². The van der Waals surface area contributed by atoms with Gasteiger partial charge in [0.25, 0.3) is 5.91 Å². The summed E-state index contributed by atoms with van der Waals surface area (Å²) in [6.07, 6.45) is 1.71. The second-order valence-corrected chi connectivity index (χ2v) is 8.21. The normalized spacial score (nSPS) is 20.7. The van der Waals surface area contributed by atoms with Crippen LogP contribution in [0, 0.1) is 5.82 Å². The molecule has 0 unspecified atom stereocenters. The van der Waals surface area contributed by atoms with E-state index in [2.05, 4.69) is 10.2 Å². The van der Waals surface area contributed by atoms with Crippen molar-refractivity contribution in [1.29, 1.82) is 0 Å². The Morgan fingerprint density at radius 2 is 2.07 bits per heavy atom. The van der Waals surface area contributed by atoms with Gasteiger partial charge in [0.05, 0.1) is 6.61 Å². The number of anilines is 2. The summed E-state index contributed by atoms with van der Waals surface area (Å²) in [6, 6.07) is 2.52. The average molecular weight is 402 g/mol. The number of likely N-dealkylation sites (tertiary alicyclic amines) is 1. The van der Waals surface area contributed by atoms with Gasteiger partial charge in [-0.1, -0.05) is 0 Å². The number of nitrogens with zero attached hydrogens (tertiary/aromatic N) is 2. The molecule has 0 saturated carbocycles. The molecule has 1 amide bonds. The van der Waals surface area contributed by atoms with Gasteiger partial charge in [-0.25, -0.2) is 13.4 Å². The van der Waals surface area contributed by atoms with E-state index in [0.29, 0.717) is 16.6 Å². The number of carbonyl (C=O) groups is 1. The number of piperidine rings is 1. The van der Waals surface area contributed by atoms with Gasteiger partial charge in [0.15, 0.2) is 5.82 Å². The molecule has 0 aromatic heterocycles. The highest BCUT2D eigenvalue weighted by molar-refractivity contribution is 7.92. The van der Waals surface area contributed by atoms with E-state index in [1.54, 1.807) is 11.8 Å². The van der Waals surface area contributed by atoms with Crippen LogP contribution in [-0.2, 0) is 19.7 Å². The molecular formula is C16H23FN4O5S. The van der Waals surface area contributed by atoms with Gasteiger partial charge in [-0.3, -0.25) is 4.79 Å². The predicted molar refractivity (Wildman–Crippen MR) is 97.4 cm³/mol. The van der Waals surface area contributed by atoms with Crippen molar-refractivity contribution in [3.05, 3.63) is 17.9 Å². The lowest BCUT2D eigenvalue weighted by molar-refractivity contribution is -0.117. The van der Waals surface area contributed by atoms with Crippen LogP contribution in [0.15, 0.2) is 12.1 Å². The fraction of sp³-hybridized carbons (Fsp3) is 0.562. The van der Waals surface area contributed by atoms with E-state index in [1.807, 2.05) is 0 Å². The molecule has 2 saturated heterocycles. The standard InChI is InChI=1S/C16H23FN4O5S/c1-26-7-6-20-4-2-11(3-5-20)18-12-8-13(17)16(14(22)9-12)21-10-15(23)19-27(21,24)25/h8-9,11,18,22H,2-7,10H2,1H3,(H,19,23). The van der Waals surface area contributed by atoms with E-state index < -0.39 is 39.9 Å². The van der Waals surface area contributed by atoms with E-state index in [1.165, 1.54) is 6.07 Å². The number of amides is 1. The number of methoxy groups -OCH3 is 1. The number of hydrogen-bond acceptors (Lipinski definition) is 7. The molecule has 2 aliphatic rings. The molecule has 3 rings (SSSR count). The van der Waals surface area contributed by atoms with Crippen LogP contribution < -0.4 is 14.3 Å². The summed E-state index contributed by atoms with van der Waals surface area (Å²) in [5, 5.41) is 13.4. The van der Waals surface area contributed by atoms with E-state index >= 15 is 0 Å². The maximum atomic E-state index is 14.5. The van der Waals surface area contributed by atoms with Crippen molar-refractivity contribution in [1.82, 2.24) is 9.62 Å². The number of benzene rings is 1. The molecule has 27 heavy (non-hydrogen) atoms. The van der Waals surface area contributed by atoms with Crippen LogP contribution >= 0.6 is 0 Å². The molecule has 2 fully saturated rings. The molecule has 2 heterocycles. The quantitative estimate of drug-likeness (QED) is 0.625. The van der Waals surface area contributed by atoms with Gasteiger partial charge < -0.3 is 20.1 Å². The first-order valence-electron chi connectivity index (χ1n) is 8.64. The fourth-order valence-electron chi connectivity index (χ4n) is 3.32. The zero-order chi connectivity index (χ0) is 19.6. The molecule has 0 atom stereocenters. The van der Waals surface area contributed by atoms with Crippen molar-refractivity contribution in [2.75, 3.05) is 49.5 Å². The Bertz CT molecular complexity index is 788. The van der Waals surface area contributed by atoms with Crippen LogP contribution in [0.4, 0.5) is 15.8 Å². The summed E-state index contributed by atoms with van der Waals surface area (Å²) in [5.74, 6) is -2.25. The summed E-state index contributed by atoms with van der Waals surface area (Å²) in [5.41, 5.74) is -0.173. The van der Waals surface area contributed by atoms with Crippen LogP contribution in [0.25, 0.3) is 0 Å². The molecule has 1 aromatic carbocycles. The number of carbonyl (C=O) groups excluding carboxylic acids is 1. The number of nitrogens with one attached hydrogen (secondary N) is 2. The molecule has 1 aromatic rings. The molecule has 0 radical (unpaired) electrons. The van der Waals surface area contributed by atoms with Crippen molar-refractivity contribution >= 4 is 27.5 Å². The second-order valence-electron chi connectivity index (χ2n) is 6.62. The molecule has 150 valence electrons. The Morgan fingerprint density at radius 3 is 2.63 bits per heavy atom. The minimum atomic E-state index is -4.19. The van der Waals surface area contributed by atoms with Crippen LogP contribution in [0.5, 0.6) is 5.75 Å². The van der Waals surface area contributed by atoms with E-state index in [9.17, 15) is 22.7 Å². The largest absolute Gasteiger partial charge is 0.506 e. The van der Waals surface area contributed by atoms with Crippen molar-refractivity contribution in [3.8, 4) is 5.75 Å². The van der Waals surface area contributed by atoms with Gasteiger partial charge in [-0.05, 0) is 18.9 Å². The predicted octanol–water partition coefficient (Wildman–Crippen LogP) is 0.235. The number of rotatable bonds is 6. The zero-order valence-electron chi connectivity index (χ0n) is 14.9. The third-order valence-electron chi connectivity index (χ3n) is 4.68. The molecule has 0 aliphatic carbocycles. The Balaban J connectivity index is 1.68.